The van der Waals surface area contributed by atoms with Gasteiger partial charge in [-0.25, -0.2) is 4.98 Å². The molecule has 5 rings (SSSR count). The molecule has 2 aromatic rings. The number of carbonyl (C=O) groups excluding carboxylic acids is 1. The van der Waals surface area contributed by atoms with Crippen molar-refractivity contribution in [2.75, 3.05) is 42.6 Å². The van der Waals surface area contributed by atoms with E-state index in [0.717, 1.165) is 30.4 Å². The Morgan fingerprint density at radius 2 is 2.09 bits per heavy atom. The number of piperazine rings is 1. The lowest BCUT2D eigenvalue weighted by atomic mass is 9.82. The van der Waals surface area contributed by atoms with E-state index in [-0.39, 0.29) is 24.5 Å². The third-order valence-corrected chi connectivity index (χ3v) is 6.88. The van der Waals surface area contributed by atoms with Crippen LogP contribution in [0.3, 0.4) is 0 Å². The molecule has 4 heterocycles. The lowest BCUT2D eigenvalue weighted by molar-refractivity contribution is -0.137. The number of nitrogens with zero attached hydrogens (tertiary/aromatic N) is 3. The summed E-state index contributed by atoms with van der Waals surface area (Å²) in [6, 6.07) is 9.47. The van der Waals surface area contributed by atoms with Gasteiger partial charge in [-0.15, -0.1) is 0 Å². The fourth-order valence-corrected chi connectivity index (χ4v) is 5.20. The molecular weight excluding hydrogens is 433 g/mol. The van der Waals surface area contributed by atoms with E-state index in [0.29, 0.717) is 38.3 Å². The van der Waals surface area contributed by atoms with Crippen LogP contribution in [0.5, 0.6) is 0 Å². The molecule has 3 atom stereocenters. The lowest BCUT2D eigenvalue weighted by Gasteiger charge is -2.49. The Hall–Kier alpha value is -2.81. The zero-order valence-electron chi connectivity index (χ0n) is 18.2. The van der Waals surface area contributed by atoms with Gasteiger partial charge in [0.2, 0.25) is 5.91 Å². The maximum atomic E-state index is 13.4. The summed E-state index contributed by atoms with van der Waals surface area (Å²) in [5.74, 6) is 0.245. The van der Waals surface area contributed by atoms with Gasteiger partial charge >= 0.3 is 6.18 Å². The number of hydrogen-bond acceptors (Lipinski definition) is 5. The Kier molecular flexibility index (Phi) is 5.90. The molecule has 6 nitrogen and oxygen atoms in total. The first-order chi connectivity index (χ1) is 15.9. The number of benzene rings is 1. The zero-order chi connectivity index (χ0) is 23.0. The first-order valence-electron chi connectivity index (χ1n) is 11.4. The van der Waals surface area contributed by atoms with Gasteiger partial charge in [-0.05, 0) is 55.2 Å². The number of aromatic nitrogens is 1. The van der Waals surface area contributed by atoms with E-state index in [4.69, 9.17) is 4.74 Å². The van der Waals surface area contributed by atoms with E-state index in [1.54, 1.807) is 12.3 Å². The van der Waals surface area contributed by atoms with Crippen LogP contribution in [0.4, 0.5) is 24.7 Å². The van der Waals surface area contributed by atoms with Crippen LogP contribution in [-0.2, 0) is 22.1 Å². The van der Waals surface area contributed by atoms with Crippen molar-refractivity contribution in [1.29, 1.82) is 0 Å². The molecule has 1 amide bonds. The van der Waals surface area contributed by atoms with Gasteiger partial charge in [0, 0.05) is 44.7 Å². The summed E-state index contributed by atoms with van der Waals surface area (Å²) in [4.78, 5) is 22.0. The SMILES string of the molecule is O=C(NCC1CCCO1)C1Cc2cc(C(F)(F)F)ccc2N2CCN(c3ccccn3)CC12. The maximum Gasteiger partial charge on any atom is 0.416 e. The van der Waals surface area contributed by atoms with Crippen LogP contribution in [0, 0.1) is 5.92 Å². The minimum atomic E-state index is -4.42. The van der Waals surface area contributed by atoms with Gasteiger partial charge in [0.1, 0.15) is 5.82 Å². The molecule has 2 fully saturated rings. The number of anilines is 2. The second kappa shape index (κ2) is 8.85. The Bertz CT molecular complexity index is 995. The summed E-state index contributed by atoms with van der Waals surface area (Å²) < 4.78 is 45.7. The van der Waals surface area contributed by atoms with E-state index in [9.17, 15) is 18.0 Å². The summed E-state index contributed by atoms with van der Waals surface area (Å²) in [5.41, 5.74) is 0.687. The number of rotatable bonds is 4. The molecule has 0 saturated carbocycles. The van der Waals surface area contributed by atoms with Gasteiger partial charge in [-0.1, -0.05) is 6.07 Å². The van der Waals surface area contributed by atoms with E-state index < -0.39 is 17.7 Å². The second-order valence-corrected chi connectivity index (χ2v) is 8.93. The number of amides is 1. The molecule has 9 heteroatoms. The molecule has 1 aromatic heterocycles. The highest BCUT2D eigenvalue weighted by Crippen LogP contribution is 2.40. The molecule has 3 aliphatic rings. The smallest absolute Gasteiger partial charge is 0.376 e. The van der Waals surface area contributed by atoms with E-state index >= 15 is 0 Å². The summed E-state index contributed by atoms with van der Waals surface area (Å²) in [6.45, 7) is 3.00. The fourth-order valence-electron chi connectivity index (χ4n) is 5.20. The number of pyridine rings is 1. The molecule has 176 valence electrons. The van der Waals surface area contributed by atoms with Crippen LogP contribution in [0.25, 0.3) is 0 Å². The minimum absolute atomic E-state index is 0.00846. The van der Waals surface area contributed by atoms with Crippen LogP contribution < -0.4 is 15.1 Å². The van der Waals surface area contributed by atoms with Gasteiger partial charge < -0.3 is 19.9 Å². The van der Waals surface area contributed by atoms with Crippen LogP contribution in [0.2, 0.25) is 0 Å². The van der Waals surface area contributed by atoms with Crippen molar-refractivity contribution in [3.8, 4) is 0 Å². The number of alkyl halides is 3. The highest BCUT2D eigenvalue weighted by Gasteiger charge is 2.43. The first kappa shape index (κ1) is 22.0. The lowest BCUT2D eigenvalue weighted by Crippen LogP contribution is -2.61. The van der Waals surface area contributed by atoms with Crippen molar-refractivity contribution >= 4 is 17.4 Å². The molecule has 3 unspecified atom stereocenters. The number of nitrogens with one attached hydrogen (secondary N) is 1. The Morgan fingerprint density at radius 1 is 1.21 bits per heavy atom. The molecule has 0 spiro atoms. The highest BCUT2D eigenvalue weighted by molar-refractivity contribution is 5.82. The standard InChI is InChI=1S/C24H27F3N4O2/c25-24(26,27)17-6-7-20-16(12-17)13-19(23(32)29-14-18-4-3-11-33-18)21-15-30(9-10-31(20)21)22-5-1-2-8-28-22/h1-2,5-8,12,18-19,21H,3-4,9-11,13-15H2,(H,29,32). The van der Waals surface area contributed by atoms with Gasteiger partial charge in [0.15, 0.2) is 0 Å². The molecule has 3 aliphatic heterocycles. The van der Waals surface area contributed by atoms with Crippen molar-refractivity contribution in [1.82, 2.24) is 10.3 Å². The maximum absolute atomic E-state index is 13.4. The Labute approximate surface area is 190 Å². The van der Waals surface area contributed by atoms with Crippen molar-refractivity contribution in [3.63, 3.8) is 0 Å². The molecule has 0 bridgehead atoms. The van der Waals surface area contributed by atoms with Gasteiger partial charge in [-0.3, -0.25) is 4.79 Å². The Balaban J connectivity index is 1.42. The van der Waals surface area contributed by atoms with Gasteiger partial charge in [0.05, 0.1) is 23.6 Å². The van der Waals surface area contributed by atoms with Crippen molar-refractivity contribution < 1.29 is 22.7 Å². The third-order valence-electron chi connectivity index (χ3n) is 6.88. The number of fused-ring (bicyclic) bond motifs is 3. The molecule has 33 heavy (non-hydrogen) atoms. The normalized spacial score (nSPS) is 24.9. The first-order valence-corrected chi connectivity index (χ1v) is 11.4. The Morgan fingerprint density at radius 3 is 2.82 bits per heavy atom. The summed E-state index contributed by atoms with van der Waals surface area (Å²) >= 11 is 0. The summed E-state index contributed by atoms with van der Waals surface area (Å²) in [5, 5.41) is 3.01. The van der Waals surface area contributed by atoms with Crippen LogP contribution >= 0.6 is 0 Å². The fraction of sp³-hybridized carbons (Fsp3) is 0.500. The van der Waals surface area contributed by atoms with Crippen LogP contribution in [0.15, 0.2) is 42.6 Å². The monoisotopic (exact) mass is 460 g/mol. The van der Waals surface area contributed by atoms with Crippen LogP contribution in [-0.4, -0.2) is 55.8 Å². The summed E-state index contributed by atoms with van der Waals surface area (Å²) in [7, 11) is 0. The predicted octanol–water partition coefficient (Wildman–Crippen LogP) is 3.26. The van der Waals surface area contributed by atoms with E-state index in [1.165, 1.54) is 6.07 Å². The van der Waals surface area contributed by atoms with Gasteiger partial charge in [0.25, 0.3) is 0 Å². The number of hydrogen-bond donors (Lipinski definition) is 1. The largest absolute Gasteiger partial charge is 0.416 e. The third kappa shape index (κ3) is 4.51. The molecule has 2 saturated heterocycles. The van der Waals surface area contributed by atoms with Crippen molar-refractivity contribution in [2.24, 2.45) is 5.92 Å². The quantitative estimate of drug-likeness (QED) is 0.759. The highest BCUT2D eigenvalue weighted by atomic mass is 19.4. The average molecular weight is 461 g/mol. The van der Waals surface area contributed by atoms with Crippen molar-refractivity contribution in [3.05, 3.63) is 53.7 Å². The van der Waals surface area contributed by atoms with Crippen LogP contribution in [0.1, 0.15) is 24.0 Å². The van der Waals surface area contributed by atoms with E-state index in [2.05, 4.69) is 20.1 Å². The second-order valence-electron chi connectivity index (χ2n) is 8.93. The number of halogens is 3. The topological polar surface area (TPSA) is 57.7 Å². The summed E-state index contributed by atoms with van der Waals surface area (Å²) in [6.07, 6.45) is -0.509. The zero-order valence-corrected chi connectivity index (χ0v) is 18.2. The number of ether oxygens (including phenoxy) is 1. The molecule has 1 aromatic carbocycles. The van der Waals surface area contributed by atoms with Crippen molar-refractivity contribution in [2.45, 2.75) is 37.6 Å². The molecule has 1 N–H and O–H groups in total. The molecular formula is C24H27F3N4O2. The molecule has 0 radical (unpaired) electrons. The number of carbonyl (C=O) groups is 1. The minimum Gasteiger partial charge on any atom is -0.376 e. The van der Waals surface area contributed by atoms with Gasteiger partial charge in [-0.2, -0.15) is 13.2 Å². The predicted molar refractivity (Wildman–Crippen MR) is 118 cm³/mol. The molecule has 0 aliphatic carbocycles. The van der Waals surface area contributed by atoms with E-state index in [1.807, 2.05) is 18.2 Å². The average Bonchev–Trinajstić information content (AvgIpc) is 3.35.